The lowest BCUT2D eigenvalue weighted by Crippen LogP contribution is -2.53. The van der Waals surface area contributed by atoms with Gasteiger partial charge in [0.15, 0.2) is 0 Å². The topological polar surface area (TPSA) is 57.6 Å². The predicted octanol–water partition coefficient (Wildman–Crippen LogP) is 3.16. The van der Waals surface area contributed by atoms with Crippen LogP contribution < -0.4 is 0 Å². The first-order chi connectivity index (χ1) is 9.94. The van der Waals surface area contributed by atoms with Crippen molar-refractivity contribution in [3.8, 4) is 0 Å². The number of carbonyl (C=O) groups is 2. The number of aliphatic carboxylic acids is 1. The van der Waals surface area contributed by atoms with E-state index in [-0.39, 0.29) is 5.91 Å². The Bertz CT molecular complexity index is 567. The third-order valence-corrected chi connectivity index (χ3v) is 4.63. The molecule has 4 nitrogen and oxygen atoms in total. The van der Waals surface area contributed by atoms with E-state index in [0.717, 1.165) is 24.0 Å². The molecule has 4 heteroatoms. The van der Waals surface area contributed by atoms with Crippen LogP contribution in [-0.2, 0) is 4.79 Å². The number of nitrogens with zero attached hydrogens (tertiary/aromatic N) is 1. The second kappa shape index (κ2) is 5.88. The zero-order valence-corrected chi connectivity index (χ0v) is 13.0. The van der Waals surface area contributed by atoms with Gasteiger partial charge in [-0.2, -0.15) is 0 Å². The van der Waals surface area contributed by atoms with Crippen molar-refractivity contribution in [3.63, 3.8) is 0 Å². The summed E-state index contributed by atoms with van der Waals surface area (Å²) in [5, 5.41) is 9.69. The summed E-state index contributed by atoms with van der Waals surface area (Å²) in [6.45, 7) is 6.37. The summed E-state index contributed by atoms with van der Waals surface area (Å²) in [6, 6.07) is 5.61. The van der Waals surface area contributed by atoms with E-state index in [1.807, 2.05) is 32.9 Å². The van der Waals surface area contributed by atoms with E-state index in [1.54, 1.807) is 11.0 Å². The largest absolute Gasteiger partial charge is 0.479 e. The molecule has 0 radical (unpaired) electrons. The normalized spacial score (nSPS) is 21.6. The average molecular weight is 289 g/mol. The van der Waals surface area contributed by atoms with Crippen molar-refractivity contribution < 1.29 is 14.7 Å². The quantitative estimate of drug-likeness (QED) is 0.926. The lowest BCUT2D eigenvalue weighted by atomic mass is 9.90. The SMILES string of the molecule is CCCC1(C(=O)O)CCCN1C(=O)c1cccc(C)c1C. The van der Waals surface area contributed by atoms with E-state index in [4.69, 9.17) is 0 Å². The van der Waals surface area contributed by atoms with Gasteiger partial charge >= 0.3 is 5.97 Å². The van der Waals surface area contributed by atoms with Gasteiger partial charge in [-0.05, 0) is 50.3 Å². The Morgan fingerprint density at radius 1 is 1.33 bits per heavy atom. The molecule has 1 fully saturated rings. The van der Waals surface area contributed by atoms with Crippen molar-refractivity contribution in [2.24, 2.45) is 0 Å². The third-order valence-electron chi connectivity index (χ3n) is 4.63. The predicted molar refractivity (Wildman–Crippen MR) is 81.5 cm³/mol. The van der Waals surface area contributed by atoms with E-state index < -0.39 is 11.5 Å². The van der Waals surface area contributed by atoms with Gasteiger partial charge in [0.1, 0.15) is 5.54 Å². The summed E-state index contributed by atoms with van der Waals surface area (Å²) in [6.07, 6.45) is 2.57. The molecule has 1 amide bonds. The fourth-order valence-corrected chi connectivity index (χ4v) is 3.31. The Balaban J connectivity index is 2.41. The summed E-state index contributed by atoms with van der Waals surface area (Å²) in [5.41, 5.74) is 1.59. The summed E-state index contributed by atoms with van der Waals surface area (Å²) < 4.78 is 0. The number of rotatable bonds is 4. The maximum absolute atomic E-state index is 12.9. The monoisotopic (exact) mass is 289 g/mol. The third kappa shape index (κ3) is 2.55. The second-order valence-corrected chi connectivity index (χ2v) is 5.89. The van der Waals surface area contributed by atoms with Crippen molar-refractivity contribution in [1.82, 2.24) is 4.90 Å². The Kier molecular flexibility index (Phi) is 4.35. The van der Waals surface area contributed by atoms with Crippen molar-refractivity contribution >= 4 is 11.9 Å². The van der Waals surface area contributed by atoms with Gasteiger partial charge in [-0.3, -0.25) is 4.79 Å². The number of carboxylic acid groups (broad SMARTS) is 1. The van der Waals surface area contributed by atoms with E-state index >= 15 is 0 Å². The number of hydrogen-bond acceptors (Lipinski definition) is 2. The lowest BCUT2D eigenvalue weighted by Gasteiger charge is -2.35. The fourth-order valence-electron chi connectivity index (χ4n) is 3.31. The highest BCUT2D eigenvalue weighted by molar-refractivity contribution is 5.99. The Hall–Kier alpha value is -1.84. The number of amides is 1. The number of aryl methyl sites for hydroxylation is 1. The molecular formula is C17H23NO3. The minimum atomic E-state index is -1.03. The molecule has 1 atom stereocenters. The molecule has 1 aliphatic rings. The van der Waals surface area contributed by atoms with Crippen LogP contribution in [0.1, 0.15) is 54.1 Å². The minimum Gasteiger partial charge on any atom is -0.479 e. The second-order valence-electron chi connectivity index (χ2n) is 5.89. The standard InChI is InChI=1S/C17H23NO3/c1-4-9-17(16(20)21)10-6-11-18(17)15(19)14-8-5-7-12(2)13(14)3/h5,7-8H,4,6,9-11H2,1-3H3,(H,20,21). The molecule has 1 saturated heterocycles. The van der Waals surface area contributed by atoms with Crippen LogP contribution in [0.4, 0.5) is 0 Å². The van der Waals surface area contributed by atoms with Crippen molar-refractivity contribution in [3.05, 3.63) is 34.9 Å². The van der Waals surface area contributed by atoms with Gasteiger partial charge in [0.05, 0.1) is 0 Å². The first-order valence-electron chi connectivity index (χ1n) is 7.55. The molecule has 21 heavy (non-hydrogen) atoms. The van der Waals surface area contributed by atoms with Crippen LogP contribution in [0.15, 0.2) is 18.2 Å². The molecule has 0 aliphatic carbocycles. The highest BCUT2D eigenvalue weighted by atomic mass is 16.4. The number of benzene rings is 1. The molecule has 1 aliphatic heterocycles. The molecule has 2 rings (SSSR count). The van der Waals surface area contributed by atoms with Gasteiger partial charge in [-0.25, -0.2) is 4.79 Å². The van der Waals surface area contributed by atoms with Gasteiger partial charge in [-0.1, -0.05) is 25.5 Å². The van der Waals surface area contributed by atoms with Gasteiger partial charge in [-0.15, -0.1) is 0 Å². The van der Waals surface area contributed by atoms with Crippen LogP contribution >= 0.6 is 0 Å². The smallest absolute Gasteiger partial charge is 0.329 e. The van der Waals surface area contributed by atoms with Crippen LogP contribution in [0.2, 0.25) is 0 Å². The molecule has 0 spiro atoms. The average Bonchev–Trinajstić information content (AvgIpc) is 2.86. The molecule has 1 unspecified atom stereocenters. The van der Waals surface area contributed by atoms with E-state index in [0.29, 0.717) is 24.9 Å². The van der Waals surface area contributed by atoms with E-state index in [9.17, 15) is 14.7 Å². The van der Waals surface area contributed by atoms with Gasteiger partial charge in [0.25, 0.3) is 5.91 Å². The summed E-state index contributed by atoms with van der Waals surface area (Å²) in [5.74, 6) is -1.02. The fraction of sp³-hybridized carbons (Fsp3) is 0.529. The van der Waals surface area contributed by atoms with Gasteiger partial charge in [0.2, 0.25) is 0 Å². The lowest BCUT2D eigenvalue weighted by molar-refractivity contribution is -0.148. The number of carboxylic acids is 1. The summed E-state index contributed by atoms with van der Waals surface area (Å²) in [4.78, 5) is 26.3. The zero-order chi connectivity index (χ0) is 15.6. The molecular weight excluding hydrogens is 266 g/mol. The molecule has 0 bridgehead atoms. The van der Waals surface area contributed by atoms with Crippen LogP contribution in [0.3, 0.4) is 0 Å². The van der Waals surface area contributed by atoms with Crippen LogP contribution in [0.25, 0.3) is 0 Å². The highest BCUT2D eigenvalue weighted by Gasteiger charge is 2.49. The number of carbonyl (C=O) groups excluding carboxylic acids is 1. The minimum absolute atomic E-state index is 0.149. The molecule has 1 aromatic rings. The van der Waals surface area contributed by atoms with Crippen LogP contribution in [0, 0.1) is 13.8 Å². The van der Waals surface area contributed by atoms with Crippen LogP contribution in [0.5, 0.6) is 0 Å². The Morgan fingerprint density at radius 2 is 2.05 bits per heavy atom. The first kappa shape index (κ1) is 15.5. The van der Waals surface area contributed by atoms with Gasteiger partial charge in [0, 0.05) is 12.1 Å². The summed E-state index contributed by atoms with van der Waals surface area (Å²) >= 11 is 0. The molecule has 1 aromatic carbocycles. The molecule has 114 valence electrons. The highest BCUT2D eigenvalue weighted by Crippen LogP contribution is 2.35. The maximum Gasteiger partial charge on any atom is 0.329 e. The number of likely N-dealkylation sites (tertiary alicyclic amines) is 1. The van der Waals surface area contributed by atoms with Crippen molar-refractivity contribution in [1.29, 1.82) is 0 Å². The van der Waals surface area contributed by atoms with Gasteiger partial charge < -0.3 is 10.0 Å². The Labute approximate surface area is 125 Å². The number of hydrogen-bond donors (Lipinski definition) is 1. The molecule has 0 aromatic heterocycles. The molecule has 0 saturated carbocycles. The van der Waals surface area contributed by atoms with E-state index in [1.165, 1.54) is 0 Å². The molecule has 1 N–H and O–H groups in total. The summed E-state index contributed by atoms with van der Waals surface area (Å²) in [7, 11) is 0. The zero-order valence-electron chi connectivity index (χ0n) is 13.0. The van der Waals surface area contributed by atoms with Crippen molar-refractivity contribution in [2.75, 3.05) is 6.54 Å². The van der Waals surface area contributed by atoms with Crippen LogP contribution in [-0.4, -0.2) is 34.0 Å². The Morgan fingerprint density at radius 3 is 2.67 bits per heavy atom. The maximum atomic E-state index is 12.9. The van der Waals surface area contributed by atoms with E-state index in [2.05, 4.69) is 0 Å². The first-order valence-corrected chi connectivity index (χ1v) is 7.55. The van der Waals surface area contributed by atoms with Crippen molar-refractivity contribution in [2.45, 2.75) is 52.0 Å². The molecule has 1 heterocycles.